The lowest BCUT2D eigenvalue weighted by Crippen LogP contribution is -2.04. The third kappa shape index (κ3) is 1.63. The SMILES string of the molecule is NCCCn1ccc2c(Cl)cccc21. The number of hydrogen-bond acceptors (Lipinski definition) is 1. The van der Waals surface area contributed by atoms with Gasteiger partial charge in [0, 0.05) is 28.7 Å². The van der Waals surface area contributed by atoms with Crippen molar-refractivity contribution in [2.75, 3.05) is 6.54 Å². The molecular formula is C11H13ClN2. The Hall–Kier alpha value is -0.990. The number of hydrogen-bond donors (Lipinski definition) is 1. The molecule has 0 saturated heterocycles. The first-order valence-corrected chi connectivity index (χ1v) is 5.14. The Morgan fingerprint density at radius 1 is 1.29 bits per heavy atom. The van der Waals surface area contributed by atoms with Gasteiger partial charge >= 0.3 is 0 Å². The minimum atomic E-state index is 0.722. The average Bonchev–Trinajstić information content (AvgIpc) is 2.60. The maximum Gasteiger partial charge on any atom is 0.0499 e. The molecule has 0 aliphatic carbocycles. The van der Waals surface area contributed by atoms with Crippen LogP contribution < -0.4 is 5.73 Å². The Balaban J connectivity index is 2.42. The van der Waals surface area contributed by atoms with Gasteiger partial charge in [-0.1, -0.05) is 17.7 Å². The molecule has 1 heterocycles. The van der Waals surface area contributed by atoms with Crippen molar-refractivity contribution in [1.82, 2.24) is 4.57 Å². The Kier molecular flexibility index (Phi) is 2.75. The van der Waals surface area contributed by atoms with Crippen LogP contribution in [0.4, 0.5) is 0 Å². The average molecular weight is 209 g/mol. The molecule has 0 fully saturated rings. The van der Waals surface area contributed by atoms with E-state index in [0.717, 1.165) is 29.9 Å². The van der Waals surface area contributed by atoms with E-state index >= 15 is 0 Å². The molecule has 0 aliphatic heterocycles. The van der Waals surface area contributed by atoms with Gasteiger partial charge in [-0.2, -0.15) is 0 Å². The van der Waals surface area contributed by atoms with E-state index in [1.807, 2.05) is 18.2 Å². The normalized spacial score (nSPS) is 11.0. The molecule has 14 heavy (non-hydrogen) atoms. The molecule has 0 atom stereocenters. The number of benzene rings is 1. The number of rotatable bonds is 3. The van der Waals surface area contributed by atoms with Crippen LogP contribution in [0.2, 0.25) is 5.02 Å². The summed E-state index contributed by atoms with van der Waals surface area (Å²) in [6.45, 7) is 1.68. The largest absolute Gasteiger partial charge is 0.347 e. The van der Waals surface area contributed by atoms with Gasteiger partial charge in [-0.25, -0.2) is 0 Å². The minimum Gasteiger partial charge on any atom is -0.347 e. The number of nitrogens with zero attached hydrogens (tertiary/aromatic N) is 1. The van der Waals surface area contributed by atoms with E-state index in [9.17, 15) is 0 Å². The molecule has 2 rings (SSSR count). The van der Waals surface area contributed by atoms with Crippen LogP contribution in [0.1, 0.15) is 6.42 Å². The van der Waals surface area contributed by atoms with Crippen molar-refractivity contribution in [3.63, 3.8) is 0 Å². The van der Waals surface area contributed by atoms with E-state index in [1.54, 1.807) is 0 Å². The third-order valence-electron chi connectivity index (χ3n) is 2.36. The van der Waals surface area contributed by atoms with Crippen LogP contribution in [0.5, 0.6) is 0 Å². The van der Waals surface area contributed by atoms with Gasteiger partial charge in [-0.3, -0.25) is 0 Å². The van der Waals surface area contributed by atoms with Gasteiger partial charge in [0.2, 0.25) is 0 Å². The van der Waals surface area contributed by atoms with Crippen LogP contribution >= 0.6 is 11.6 Å². The van der Waals surface area contributed by atoms with Crippen molar-refractivity contribution in [2.45, 2.75) is 13.0 Å². The van der Waals surface area contributed by atoms with Crippen molar-refractivity contribution in [1.29, 1.82) is 0 Å². The van der Waals surface area contributed by atoms with Crippen molar-refractivity contribution >= 4 is 22.5 Å². The van der Waals surface area contributed by atoms with Gasteiger partial charge in [-0.15, -0.1) is 0 Å². The molecule has 0 bridgehead atoms. The topological polar surface area (TPSA) is 30.9 Å². The van der Waals surface area contributed by atoms with E-state index in [-0.39, 0.29) is 0 Å². The van der Waals surface area contributed by atoms with E-state index in [4.69, 9.17) is 17.3 Å². The molecule has 2 aromatic rings. The lowest BCUT2D eigenvalue weighted by Gasteiger charge is -2.03. The van der Waals surface area contributed by atoms with Crippen LogP contribution in [-0.2, 0) is 6.54 Å². The summed E-state index contributed by atoms with van der Waals surface area (Å²) in [5.41, 5.74) is 6.67. The number of nitrogens with two attached hydrogens (primary N) is 1. The van der Waals surface area contributed by atoms with Crippen molar-refractivity contribution in [3.8, 4) is 0 Å². The van der Waals surface area contributed by atoms with E-state index in [0.29, 0.717) is 0 Å². The summed E-state index contributed by atoms with van der Waals surface area (Å²) in [6.07, 6.45) is 3.06. The van der Waals surface area contributed by atoms with Gasteiger partial charge < -0.3 is 10.3 Å². The Morgan fingerprint density at radius 2 is 2.14 bits per heavy atom. The van der Waals surface area contributed by atoms with Crippen molar-refractivity contribution in [2.24, 2.45) is 5.73 Å². The van der Waals surface area contributed by atoms with Crippen LogP contribution in [0, 0.1) is 0 Å². The molecule has 1 aromatic carbocycles. The summed E-state index contributed by atoms with van der Waals surface area (Å²) in [5, 5.41) is 1.93. The predicted molar refractivity (Wildman–Crippen MR) is 60.6 cm³/mol. The first-order chi connectivity index (χ1) is 6.83. The molecular weight excluding hydrogens is 196 g/mol. The molecule has 0 amide bonds. The Bertz CT molecular complexity index is 434. The van der Waals surface area contributed by atoms with Gasteiger partial charge in [0.05, 0.1) is 0 Å². The lowest BCUT2D eigenvalue weighted by molar-refractivity contribution is 0.671. The predicted octanol–water partition coefficient (Wildman–Crippen LogP) is 2.64. The van der Waals surface area contributed by atoms with Crippen molar-refractivity contribution in [3.05, 3.63) is 35.5 Å². The quantitative estimate of drug-likeness (QED) is 0.826. The van der Waals surface area contributed by atoms with Gasteiger partial charge in [0.15, 0.2) is 0 Å². The van der Waals surface area contributed by atoms with Gasteiger partial charge in [0.1, 0.15) is 0 Å². The first-order valence-electron chi connectivity index (χ1n) is 4.76. The molecule has 1 aromatic heterocycles. The zero-order chi connectivity index (χ0) is 9.97. The molecule has 0 spiro atoms. The second kappa shape index (κ2) is 4.03. The summed E-state index contributed by atoms with van der Waals surface area (Å²) < 4.78 is 2.19. The van der Waals surface area contributed by atoms with Crippen LogP contribution in [0.3, 0.4) is 0 Å². The summed E-state index contributed by atoms with van der Waals surface area (Å²) in [6, 6.07) is 8.02. The molecule has 74 valence electrons. The smallest absolute Gasteiger partial charge is 0.0499 e. The lowest BCUT2D eigenvalue weighted by atomic mass is 10.2. The zero-order valence-electron chi connectivity index (χ0n) is 7.91. The number of halogens is 1. The zero-order valence-corrected chi connectivity index (χ0v) is 8.67. The summed E-state index contributed by atoms with van der Waals surface area (Å²) in [5.74, 6) is 0. The molecule has 2 N–H and O–H groups in total. The highest BCUT2D eigenvalue weighted by molar-refractivity contribution is 6.35. The fourth-order valence-corrected chi connectivity index (χ4v) is 1.88. The second-order valence-corrected chi connectivity index (χ2v) is 3.73. The molecule has 0 radical (unpaired) electrons. The molecule has 2 nitrogen and oxygen atoms in total. The second-order valence-electron chi connectivity index (χ2n) is 3.32. The van der Waals surface area contributed by atoms with E-state index in [1.165, 1.54) is 5.52 Å². The summed E-state index contributed by atoms with van der Waals surface area (Å²) in [4.78, 5) is 0. The maximum absolute atomic E-state index is 6.07. The maximum atomic E-state index is 6.07. The highest BCUT2D eigenvalue weighted by Gasteiger charge is 2.02. The van der Waals surface area contributed by atoms with Crippen LogP contribution in [0.25, 0.3) is 10.9 Å². The van der Waals surface area contributed by atoms with Crippen molar-refractivity contribution < 1.29 is 0 Å². The van der Waals surface area contributed by atoms with Gasteiger partial charge in [-0.05, 0) is 31.2 Å². The molecule has 0 aliphatic rings. The van der Waals surface area contributed by atoms with E-state index < -0.39 is 0 Å². The number of aryl methyl sites for hydroxylation is 1. The fraction of sp³-hybridized carbons (Fsp3) is 0.273. The highest BCUT2D eigenvalue weighted by atomic mass is 35.5. The monoisotopic (exact) mass is 208 g/mol. The Morgan fingerprint density at radius 3 is 2.93 bits per heavy atom. The third-order valence-corrected chi connectivity index (χ3v) is 2.69. The van der Waals surface area contributed by atoms with Crippen LogP contribution in [-0.4, -0.2) is 11.1 Å². The molecule has 0 saturated carbocycles. The van der Waals surface area contributed by atoms with Gasteiger partial charge in [0.25, 0.3) is 0 Å². The molecule has 0 unspecified atom stereocenters. The minimum absolute atomic E-state index is 0.722. The first kappa shape index (κ1) is 9.56. The highest BCUT2D eigenvalue weighted by Crippen LogP contribution is 2.24. The Labute approximate surface area is 88.3 Å². The van der Waals surface area contributed by atoms with Crippen LogP contribution in [0.15, 0.2) is 30.5 Å². The standard InChI is InChI=1S/C11H13ClN2/c12-10-3-1-4-11-9(10)5-8-14(11)7-2-6-13/h1,3-5,8H,2,6-7,13H2. The van der Waals surface area contributed by atoms with E-state index in [2.05, 4.69) is 16.8 Å². The summed E-state index contributed by atoms with van der Waals surface area (Å²) >= 11 is 6.07. The number of fused-ring (bicyclic) bond motifs is 1. The molecule has 3 heteroatoms. The number of aromatic nitrogens is 1. The summed E-state index contributed by atoms with van der Waals surface area (Å²) in [7, 11) is 0. The fourth-order valence-electron chi connectivity index (χ4n) is 1.64.